The number of thioether (sulfide) groups is 2. The summed E-state index contributed by atoms with van der Waals surface area (Å²) in [7, 11) is 6.38. The predicted molar refractivity (Wildman–Crippen MR) is 389 cm³/mol. The fourth-order valence-electron chi connectivity index (χ4n) is 12.2. The highest BCUT2D eigenvalue weighted by atomic mass is 33.1. The molecule has 100 heavy (non-hydrogen) atoms. The summed E-state index contributed by atoms with van der Waals surface area (Å²) in [5.74, 6) is -5.37. The van der Waals surface area contributed by atoms with Crippen LogP contribution in [0.15, 0.2) is 29.4 Å². The summed E-state index contributed by atoms with van der Waals surface area (Å²) in [6.45, 7) is 30.8. The Balaban J connectivity index is 2.87. The number of carboxylic acid groups (broad SMARTS) is 1. The number of nitrogens with zero attached hydrogens (tertiary/aromatic N) is 3. The lowest BCUT2D eigenvalue weighted by Gasteiger charge is -2.43. The second-order valence-electron chi connectivity index (χ2n) is 27.8. The van der Waals surface area contributed by atoms with Crippen LogP contribution in [0.2, 0.25) is 0 Å². The molecule has 0 saturated carbocycles. The highest BCUT2D eigenvalue weighted by Gasteiger charge is 2.56. The molecule has 25 nitrogen and oxygen atoms in total. The maximum absolute atomic E-state index is 15.4. The number of hydrogen-bond donors (Lipinski definition) is 4. The van der Waals surface area contributed by atoms with Crippen LogP contribution in [-0.4, -0.2) is 211 Å². The van der Waals surface area contributed by atoms with Gasteiger partial charge in [-0.05, 0) is 142 Å². The Morgan fingerprint density at radius 3 is 1.83 bits per heavy atom. The number of nitrogens with one attached hydrogen (secondary N) is 1. The van der Waals surface area contributed by atoms with Crippen LogP contribution in [0.5, 0.6) is 0 Å². The fourth-order valence-corrected chi connectivity index (χ4v) is 17.7. The lowest BCUT2D eigenvalue weighted by molar-refractivity contribution is -0.288. The average Bonchev–Trinajstić information content (AvgIpc) is 0.774. The summed E-state index contributed by atoms with van der Waals surface area (Å²) in [5, 5.41) is 25.4. The number of esters is 6. The number of aliphatic hydroxyl groups is 1. The molecule has 0 bridgehead atoms. The number of rotatable bonds is 52. The molecule has 14 atom stereocenters. The van der Waals surface area contributed by atoms with Crippen molar-refractivity contribution < 1.29 is 101 Å². The first kappa shape index (κ1) is 91.5. The minimum Gasteiger partial charge on any atom is -0.480 e. The highest BCUT2D eigenvalue weighted by Crippen LogP contribution is 2.54. The number of carboxylic acids is 1. The van der Waals surface area contributed by atoms with Gasteiger partial charge in [0.1, 0.15) is 35.7 Å². The van der Waals surface area contributed by atoms with Gasteiger partial charge in [-0.3, -0.25) is 43.2 Å². The van der Waals surface area contributed by atoms with Gasteiger partial charge in [-0.2, -0.15) is 12.6 Å². The summed E-state index contributed by atoms with van der Waals surface area (Å²) in [5.41, 5.74) is -9.62. The van der Waals surface area contributed by atoms with Crippen molar-refractivity contribution in [2.45, 2.75) is 230 Å². The predicted octanol–water partition coefficient (Wildman–Crippen LogP) is 10.8. The van der Waals surface area contributed by atoms with E-state index < -0.39 is 120 Å². The Morgan fingerprint density at radius 2 is 1.29 bits per heavy atom. The zero-order chi connectivity index (χ0) is 75.5. The first-order valence-electron chi connectivity index (χ1n) is 34.3. The zero-order valence-electron chi connectivity index (χ0n) is 61.7. The van der Waals surface area contributed by atoms with Crippen molar-refractivity contribution >= 4 is 112 Å². The Kier molecular flexibility index (Phi) is 41.1. The van der Waals surface area contributed by atoms with Crippen LogP contribution in [0.1, 0.15) is 180 Å². The maximum atomic E-state index is 15.4. The lowest BCUT2D eigenvalue weighted by atomic mass is 9.62. The van der Waals surface area contributed by atoms with Crippen LogP contribution in [0.25, 0.3) is 4.85 Å². The highest BCUT2D eigenvalue weighted by molar-refractivity contribution is 8.76. The largest absolute Gasteiger partial charge is 0.480 e. The van der Waals surface area contributed by atoms with Gasteiger partial charge < -0.3 is 72.6 Å². The molecule has 2 rings (SSSR count). The van der Waals surface area contributed by atoms with E-state index in [1.165, 1.54) is 54.1 Å². The molecule has 1 fully saturated rings. The molecule has 0 spiro atoms. The summed E-state index contributed by atoms with van der Waals surface area (Å²) in [6, 6.07) is 5.47. The Morgan fingerprint density at radius 1 is 0.730 bits per heavy atom. The minimum atomic E-state index is -1.70. The van der Waals surface area contributed by atoms with Crippen molar-refractivity contribution in [1.82, 2.24) is 15.2 Å². The Labute approximate surface area is 615 Å². The van der Waals surface area contributed by atoms with Crippen LogP contribution in [0.4, 0.5) is 0 Å². The number of unbranched alkanes of at least 4 members (excludes halogenated alkanes) is 1. The number of aromatic nitrogens is 1. The second kappa shape index (κ2) is 44.9. The molecule has 30 heteroatoms. The summed E-state index contributed by atoms with van der Waals surface area (Å²) < 4.78 is 56.0. The van der Waals surface area contributed by atoms with E-state index >= 15 is 14.4 Å². The van der Waals surface area contributed by atoms with Crippen LogP contribution in [-0.2, 0) is 90.5 Å². The van der Waals surface area contributed by atoms with Crippen molar-refractivity contribution in [3.8, 4) is 0 Å². The topological polar surface area (TPSA) is 319 Å². The monoisotopic (exact) mass is 1510 g/mol. The third kappa shape index (κ3) is 31.0. The molecule has 9 unspecified atom stereocenters. The number of amides is 1. The third-order valence-electron chi connectivity index (χ3n) is 17.8. The molecular formula is C70H114N4O21S5. The number of aliphatic carboxylic acids is 1. The van der Waals surface area contributed by atoms with E-state index in [0.717, 1.165) is 16.8 Å². The van der Waals surface area contributed by atoms with E-state index in [1.54, 1.807) is 67.7 Å². The number of aliphatic hydroxyl groups excluding tert-OH is 1. The fraction of sp³-hybridized carbons (Fsp3) is 0.786. The van der Waals surface area contributed by atoms with Crippen molar-refractivity contribution in [3.05, 3.63) is 35.8 Å². The van der Waals surface area contributed by atoms with Gasteiger partial charge in [0.15, 0.2) is 12.4 Å². The zero-order valence-corrected chi connectivity index (χ0v) is 65.8. The first-order chi connectivity index (χ1) is 46.9. The number of likely N-dealkylation sites (N-methyl/N-ethyl adjacent to an activating group) is 1. The van der Waals surface area contributed by atoms with Crippen LogP contribution < -0.4 is 5.32 Å². The molecule has 1 aliphatic heterocycles. The van der Waals surface area contributed by atoms with E-state index in [2.05, 4.69) is 15.1 Å². The SMILES string of the molecule is [C-]#[N+]C(C)(CCOC=O)CC(C)(CCC(C)(CC(C)(CCC(C)(CC(C)(CC(CCC)(SC(S)SCC)C(=O)O)C(=O)OCCCC)C(=O)OCCN(C)C)C(=O)OCCSSc1ccccn1)C(=O)NCC(C)O)C(=O)OCCOCCO[C@@H]1O[C@H](C)[C@H](C)[C@H](OC(C)=O)[C@H]1OC(C)=O. The Bertz CT molecular complexity index is 2780. The van der Waals surface area contributed by atoms with Gasteiger partial charge in [0.25, 0.3) is 6.47 Å². The van der Waals surface area contributed by atoms with Crippen molar-refractivity contribution in [1.29, 1.82) is 0 Å². The van der Waals surface area contributed by atoms with Gasteiger partial charge in [-0.15, -0.1) is 23.5 Å². The van der Waals surface area contributed by atoms with Crippen LogP contribution >= 0.6 is 57.7 Å². The average molecular weight is 1510 g/mol. The van der Waals surface area contributed by atoms with Crippen molar-refractivity contribution in [3.63, 3.8) is 0 Å². The number of carbonyl (C=O) groups excluding carboxylic acids is 8. The van der Waals surface area contributed by atoms with E-state index in [9.17, 15) is 39.0 Å². The molecule has 1 aliphatic rings. The van der Waals surface area contributed by atoms with Gasteiger partial charge in [0.2, 0.25) is 11.4 Å². The van der Waals surface area contributed by atoms with Gasteiger partial charge in [0, 0.05) is 63.6 Å². The molecule has 1 aromatic heterocycles. The molecule has 3 N–H and O–H groups in total. The molecule has 0 aromatic carbocycles. The maximum Gasteiger partial charge on any atom is 0.319 e. The molecular weight excluding hydrogens is 1390 g/mol. The van der Waals surface area contributed by atoms with Crippen LogP contribution in [0.3, 0.4) is 0 Å². The number of ether oxygens (including phenoxy) is 10. The number of pyridine rings is 1. The van der Waals surface area contributed by atoms with E-state index in [0.29, 0.717) is 37.3 Å². The van der Waals surface area contributed by atoms with E-state index in [1.807, 2.05) is 51.9 Å². The number of hydrogen-bond acceptors (Lipinski definition) is 27. The van der Waals surface area contributed by atoms with Crippen LogP contribution in [0, 0.1) is 39.6 Å². The summed E-state index contributed by atoms with van der Waals surface area (Å²) >= 11 is 7.35. The van der Waals surface area contributed by atoms with Gasteiger partial charge in [0.05, 0.1) is 77.2 Å². The van der Waals surface area contributed by atoms with Crippen molar-refractivity contribution in [2.24, 2.45) is 33.0 Å². The molecule has 0 radical (unpaired) electrons. The smallest absolute Gasteiger partial charge is 0.319 e. The molecule has 1 amide bonds. The first-order valence-corrected chi connectivity index (χ1v) is 39.0. The molecule has 1 aromatic rings. The van der Waals surface area contributed by atoms with E-state index in [-0.39, 0.29) is 136 Å². The number of carbonyl (C=O) groups is 9. The third-order valence-corrected chi connectivity index (χ3v) is 23.3. The molecule has 570 valence electrons. The standard InChI is InChI=1S/C70H114N4O21S5/c1-18-21-33-89-62(85)68(13,46-70(25-19-2,58(80)81)99-63(96)97-20-3)44-66(11,59(82)90-35-32-74(16)17)29-28-65(10,60(83)92-40-41-98-100-53-24-22-23-31-72-53)43-64(9,57(79)73-42-48(4)76)26-27-67(12,45-69(14,71-15)30-34-87-47-75)61(84)91-39-37-86-36-38-88-56-55(95-52(8)78)54(94-51(7)77)49(5)50(6)93-56/h22-24,31,47-50,54-56,63,76,96H,18-21,25-30,32-46H2,1-14,16-17H3,(H,73,79)(H,80,81)/t48?,49-,50+,54-,55+,56+,63?,64?,65?,66?,67?,68?,69?,70?/m0/s1. The van der Waals surface area contributed by atoms with Gasteiger partial charge in [-0.1, -0.05) is 64.3 Å². The second-order valence-corrected chi connectivity index (χ2v) is 34.6. The summed E-state index contributed by atoms with van der Waals surface area (Å²) in [6.07, 6.45) is -2.85. The quantitative estimate of drug-likeness (QED) is 0.00688. The van der Waals surface area contributed by atoms with E-state index in [4.69, 9.17) is 66.6 Å². The van der Waals surface area contributed by atoms with Gasteiger partial charge in [-0.25, -0.2) is 11.6 Å². The summed E-state index contributed by atoms with van der Waals surface area (Å²) in [4.78, 5) is 135. The molecule has 1 saturated heterocycles. The minimum absolute atomic E-state index is 0.00644. The van der Waals surface area contributed by atoms with Gasteiger partial charge >= 0.3 is 41.8 Å². The lowest BCUT2D eigenvalue weighted by Crippen LogP contribution is -2.56. The van der Waals surface area contributed by atoms with Crippen molar-refractivity contribution in [2.75, 3.05) is 91.5 Å². The molecule has 0 aliphatic carbocycles. The molecule has 2 heterocycles. The Hall–Kier alpha value is -4.58. The normalized spacial score (nSPS) is 21.0. The number of thiol groups is 1.